The van der Waals surface area contributed by atoms with E-state index >= 15 is 0 Å². The zero-order valence-corrected chi connectivity index (χ0v) is 23.3. The molecule has 2 rings (SSSR count). The maximum Gasteiger partial charge on any atom is 0.187 e. The summed E-state index contributed by atoms with van der Waals surface area (Å²) in [6, 6.07) is 0. The lowest BCUT2D eigenvalue weighted by atomic mass is 9.72. The van der Waals surface area contributed by atoms with E-state index in [1.54, 1.807) is 0 Å². The lowest BCUT2D eigenvalue weighted by Gasteiger charge is -2.39. The van der Waals surface area contributed by atoms with E-state index in [4.69, 9.17) is 9.47 Å². The Morgan fingerprint density at radius 1 is 0.917 bits per heavy atom. The highest BCUT2D eigenvalue weighted by Crippen LogP contribution is 2.41. The molecule has 0 aromatic rings. The van der Waals surface area contributed by atoms with Crippen LogP contribution in [0.25, 0.3) is 0 Å². The molecule has 0 amide bonds. The molecule has 1 aliphatic carbocycles. The van der Waals surface area contributed by atoms with Crippen molar-refractivity contribution in [1.29, 1.82) is 0 Å². The second-order valence-electron chi connectivity index (χ2n) is 11.0. The predicted octanol–water partition coefficient (Wildman–Crippen LogP) is 4.89. The fourth-order valence-corrected chi connectivity index (χ4v) is 4.85. The van der Waals surface area contributed by atoms with Gasteiger partial charge in [0, 0.05) is 0 Å². The van der Waals surface area contributed by atoms with E-state index in [-0.39, 0.29) is 12.0 Å². The Hall–Kier alpha value is -1.54. The molecular formula is C30H48O6. The van der Waals surface area contributed by atoms with Crippen molar-refractivity contribution in [3.05, 3.63) is 57.7 Å². The highest BCUT2D eigenvalue weighted by molar-refractivity contribution is 5.40. The molecule has 1 heterocycles. The molecule has 1 saturated heterocycles. The zero-order valence-electron chi connectivity index (χ0n) is 23.3. The van der Waals surface area contributed by atoms with Crippen LogP contribution < -0.4 is 0 Å². The number of aliphatic hydroxyl groups excluding tert-OH is 4. The Balaban J connectivity index is 1.88. The fourth-order valence-electron chi connectivity index (χ4n) is 4.85. The van der Waals surface area contributed by atoms with Gasteiger partial charge in [-0.2, -0.15) is 0 Å². The van der Waals surface area contributed by atoms with Gasteiger partial charge in [-0.15, -0.1) is 0 Å². The van der Waals surface area contributed by atoms with Crippen LogP contribution in [0.3, 0.4) is 0 Å². The van der Waals surface area contributed by atoms with Gasteiger partial charge in [-0.1, -0.05) is 60.4 Å². The molecule has 204 valence electrons. The third kappa shape index (κ3) is 8.23. The van der Waals surface area contributed by atoms with Crippen LogP contribution in [0, 0.1) is 5.41 Å². The summed E-state index contributed by atoms with van der Waals surface area (Å²) in [6.07, 6.45) is 8.15. The number of hydrogen-bond donors (Lipinski definition) is 4. The minimum atomic E-state index is -1.43. The number of aliphatic hydroxyl groups is 4. The molecular weight excluding hydrogens is 456 g/mol. The van der Waals surface area contributed by atoms with Gasteiger partial charge in [0.2, 0.25) is 0 Å². The molecule has 0 radical (unpaired) electrons. The van der Waals surface area contributed by atoms with Crippen LogP contribution in [0.2, 0.25) is 0 Å². The first-order chi connectivity index (χ1) is 16.9. The van der Waals surface area contributed by atoms with Crippen LogP contribution in [0.15, 0.2) is 57.7 Å². The van der Waals surface area contributed by atoms with E-state index in [9.17, 15) is 20.4 Å². The number of allylic oxidation sites excluding steroid dienone is 9. The lowest BCUT2D eigenvalue weighted by molar-refractivity contribution is -0.298. The molecule has 2 aliphatic rings. The van der Waals surface area contributed by atoms with Gasteiger partial charge in [-0.3, -0.25) is 0 Å². The number of hydrogen-bond acceptors (Lipinski definition) is 6. The predicted molar refractivity (Wildman–Crippen MR) is 144 cm³/mol. The summed E-state index contributed by atoms with van der Waals surface area (Å²) < 4.78 is 10.9. The van der Waals surface area contributed by atoms with Crippen molar-refractivity contribution in [3.63, 3.8) is 0 Å². The maximum atomic E-state index is 10.1. The monoisotopic (exact) mass is 504 g/mol. The van der Waals surface area contributed by atoms with Crippen LogP contribution in [-0.4, -0.2) is 64.3 Å². The first-order valence-corrected chi connectivity index (χ1v) is 13.2. The first kappa shape index (κ1) is 30.7. The summed E-state index contributed by atoms with van der Waals surface area (Å²) in [5, 5.41) is 39.1. The molecule has 0 saturated carbocycles. The molecule has 4 N–H and O–H groups in total. The molecule has 0 aromatic carbocycles. The van der Waals surface area contributed by atoms with Crippen molar-refractivity contribution < 1.29 is 29.9 Å². The van der Waals surface area contributed by atoms with Gasteiger partial charge in [0.05, 0.1) is 13.2 Å². The van der Waals surface area contributed by atoms with Crippen molar-refractivity contribution in [3.8, 4) is 0 Å². The van der Waals surface area contributed by atoms with Gasteiger partial charge >= 0.3 is 0 Å². The minimum absolute atomic E-state index is 0.175. The van der Waals surface area contributed by atoms with Gasteiger partial charge in [0.1, 0.15) is 24.4 Å². The Bertz CT molecular complexity index is 889. The average Bonchev–Trinajstić information content (AvgIpc) is 2.83. The Morgan fingerprint density at radius 3 is 2.08 bits per heavy atom. The van der Waals surface area contributed by atoms with E-state index in [1.807, 2.05) is 13.0 Å². The molecule has 5 atom stereocenters. The van der Waals surface area contributed by atoms with Gasteiger partial charge in [-0.05, 0) is 83.3 Å². The van der Waals surface area contributed by atoms with Gasteiger partial charge in [-0.25, -0.2) is 0 Å². The molecule has 1 unspecified atom stereocenters. The molecule has 1 aliphatic heterocycles. The van der Waals surface area contributed by atoms with Gasteiger partial charge < -0.3 is 29.9 Å². The summed E-state index contributed by atoms with van der Waals surface area (Å²) in [7, 11) is 0. The zero-order chi connectivity index (χ0) is 27.0. The van der Waals surface area contributed by atoms with E-state index < -0.39 is 37.3 Å². The van der Waals surface area contributed by atoms with E-state index in [1.165, 1.54) is 41.6 Å². The van der Waals surface area contributed by atoms with Crippen LogP contribution in [0.5, 0.6) is 0 Å². The minimum Gasteiger partial charge on any atom is -0.394 e. The van der Waals surface area contributed by atoms with Crippen molar-refractivity contribution in [2.45, 2.75) is 111 Å². The van der Waals surface area contributed by atoms with E-state index in [0.717, 1.165) is 24.0 Å². The largest absolute Gasteiger partial charge is 0.394 e. The second kappa shape index (κ2) is 13.8. The van der Waals surface area contributed by atoms with Crippen LogP contribution in [0.1, 0.15) is 80.6 Å². The Kier molecular flexibility index (Phi) is 11.8. The summed E-state index contributed by atoms with van der Waals surface area (Å²) in [5.41, 5.74) is 8.13. The highest BCUT2D eigenvalue weighted by Gasteiger charge is 2.43. The fraction of sp³-hybridized carbons (Fsp3) is 0.667. The Labute approximate surface area is 217 Å². The van der Waals surface area contributed by atoms with E-state index in [2.05, 4.69) is 59.8 Å². The smallest absolute Gasteiger partial charge is 0.187 e. The van der Waals surface area contributed by atoms with Crippen LogP contribution >= 0.6 is 0 Å². The van der Waals surface area contributed by atoms with E-state index in [0.29, 0.717) is 0 Å². The average molecular weight is 505 g/mol. The van der Waals surface area contributed by atoms with Crippen molar-refractivity contribution in [1.82, 2.24) is 0 Å². The molecule has 0 aromatic heterocycles. The second-order valence-corrected chi connectivity index (χ2v) is 11.0. The number of rotatable bonds is 10. The summed E-state index contributed by atoms with van der Waals surface area (Å²) >= 11 is 0. The van der Waals surface area contributed by atoms with Gasteiger partial charge in [0.25, 0.3) is 0 Å². The van der Waals surface area contributed by atoms with Crippen molar-refractivity contribution >= 4 is 0 Å². The standard InChI is InChI=1S/C30H48O6/c1-19(21(3)14-16-35-29-28(34)27(33)26(32)25(18-31)36-29)11-8-9-12-20(2)23(5)17-24-22(4)13-10-15-30(24,6)7/h11-12,14,17,25-29,31-34H,8-10,13,15-16,18H2,1-7H3/t25-,26-,27+,28-,29?/m1/s1. The maximum absolute atomic E-state index is 10.1. The quantitative estimate of drug-likeness (QED) is 0.250. The molecule has 36 heavy (non-hydrogen) atoms. The Morgan fingerprint density at radius 2 is 1.50 bits per heavy atom. The topological polar surface area (TPSA) is 99.4 Å². The summed E-state index contributed by atoms with van der Waals surface area (Å²) in [4.78, 5) is 0. The highest BCUT2D eigenvalue weighted by atomic mass is 16.7. The molecule has 0 spiro atoms. The molecule has 6 heteroatoms. The number of unbranched alkanes of at least 4 members (excludes halogenated alkanes) is 1. The van der Waals surface area contributed by atoms with Crippen LogP contribution in [-0.2, 0) is 9.47 Å². The molecule has 0 bridgehead atoms. The van der Waals surface area contributed by atoms with Gasteiger partial charge in [0.15, 0.2) is 6.29 Å². The lowest BCUT2D eigenvalue weighted by Crippen LogP contribution is -2.59. The first-order valence-electron chi connectivity index (χ1n) is 13.2. The molecule has 6 nitrogen and oxygen atoms in total. The third-order valence-corrected chi connectivity index (χ3v) is 7.71. The normalized spacial score (nSPS) is 30.7. The third-order valence-electron chi connectivity index (χ3n) is 7.71. The summed E-state index contributed by atoms with van der Waals surface area (Å²) in [5.74, 6) is 0. The molecule has 1 fully saturated rings. The van der Waals surface area contributed by atoms with Crippen molar-refractivity contribution in [2.24, 2.45) is 5.41 Å². The summed E-state index contributed by atoms with van der Waals surface area (Å²) in [6.45, 7) is 15.1. The SMILES string of the molecule is CC(=CCCC=C(C)C(C)=CC1=C(C)CCCC1(C)C)C(C)=CCOC1O[C@H](CO)[C@@H](O)[C@H](O)[C@H]1O. The van der Waals surface area contributed by atoms with Crippen LogP contribution in [0.4, 0.5) is 0 Å². The number of ether oxygens (including phenoxy) is 2. The van der Waals surface area contributed by atoms with Crippen molar-refractivity contribution in [2.75, 3.05) is 13.2 Å².